The largest absolute Gasteiger partial charge is 0.400 e. The van der Waals surface area contributed by atoms with Crippen molar-refractivity contribution in [1.29, 1.82) is 0 Å². The van der Waals surface area contributed by atoms with Crippen LogP contribution in [0.3, 0.4) is 0 Å². The molecule has 0 saturated heterocycles. The normalized spacial score (nSPS) is 27.0. The van der Waals surface area contributed by atoms with E-state index in [9.17, 15) is 19.5 Å². The molecule has 8 nitrogen and oxygen atoms in total. The Hall–Kier alpha value is -3.07. The van der Waals surface area contributed by atoms with Gasteiger partial charge >= 0.3 is 0 Å². The van der Waals surface area contributed by atoms with Crippen LogP contribution in [-0.4, -0.2) is 59.7 Å². The van der Waals surface area contributed by atoms with Crippen LogP contribution in [0.15, 0.2) is 71.1 Å². The summed E-state index contributed by atoms with van der Waals surface area (Å²) >= 11 is 0. The monoisotopic (exact) mass is 530 g/mol. The lowest BCUT2D eigenvalue weighted by molar-refractivity contribution is -0.120. The van der Waals surface area contributed by atoms with E-state index < -0.39 is 12.0 Å². The quantitative estimate of drug-likeness (QED) is 0.279. The second-order valence-electron chi connectivity index (χ2n) is 9.37. The molecule has 38 heavy (non-hydrogen) atoms. The maximum Gasteiger partial charge on any atom is 0.251 e. The van der Waals surface area contributed by atoms with Crippen molar-refractivity contribution in [2.24, 2.45) is 11.8 Å². The number of carbonyl (C=O) groups excluding carboxylic acids is 3. The summed E-state index contributed by atoms with van der Waals surface area (Å²) in [5.41, 5.74) is 2.25. The predicted octanol–water partition coefficient (Wildman–Crippen LogP) is 3.43. The molecule has 1 aliphatic carbocycles. The fourth-order valence-corrected chi connectivity index (χ4v) is 4.08. The Bertz CT molecular complexity index is 971. The zero-order valence-corrected chi connectivity index (χ0v) is 23.7. The molecule has 1 aliphatic heterocycles. The van der Waals surface area contributed by atoms with Crippen molar-refractivity contribution in [2.75, 3.05) is 20.8 Å². The van der Waals surface area contributed by atoms with Crippen molar-refractivity contribution in [1.82, 2.24) is 10.6 Å². The molecule has 3 unspecified atom stereocenters. The first-order chi connectivity index (χ1) is 18.1. The second kappa shape index (κ2) is 19.1. The molecule has 2 aliphatic rings. The molecule has 1 amide bonds. The molecule has 2 bridgehead atoms. The molecule has 3 atom stereocenters. The SMILES string of the molecule is C=CCNC1=C2CC(C)CCC(O)C(C)/C=C(\C)CC/C=C\C=C(/C)C(=O)NC(=CC1=O)C2=O.CO.CO. The van der Waals surface area contributed by atoms with Crippen molar-refractivity contribution < 1.29 is 29.7 Å². The van der Waals surface area contributed by atoms with Gasteiger partial charge in [0.15, 0.2) is 0 Å². The van der Waals surface area contributed by atoms with Crippen LogP contribution in [0.5, 0.6) is 0 Å². The highest BCUT2D eigenvalue weighted by atomic mass is 16.3. The fraction of sp³-hybridized carbons (Fsp3) is 0.500. The Kier molecular flexibility index (Phi) is 17.5. The molecule has 2 rings (SSSR count). The van der Waals surface area contributed by atoms with Gasteiger partial charge < -0.3 is 26.0 Å². The van der Waals surface area contributed by atoms with Gasteiger partial charge in [-0.25, -0.2) is 0 Å². The van der Waals surface area contributed by atoms with Gasteiger partial charge in [-0.15, -0.1) is 6.58 Å². The lowest BCUT2D eigenvalue weighted by Gasteiger charge is -2.23. The van der Waals surface area contributed by atoms with Crippen LogP contribution in [-0.2, 0) is 14.4 Å². The highest BCUT2D eigenvalue weighted by Crippen LogP contribution is 2.27. The summed E-state index contributed by atoms with van der Waals surface area (Å²) in [5.74, 6) is -1.04. The van der Waals surface area contributed by atoms with Crippen LogP contribution in [0.1, 0.15) is 59.8 Å². The maximum atomic E-state index is 13.3. The van der Waals surface area contributed by atoms with E-state index in [0.29, 0.717) is 37.0 Å². The van der Waals surface area contributed by atoms with E-state index in [2.05, 4.69) is 30.2 Å². The highest BCUT2D eigenvalue weighted by molar-refractivity contribution is 6.23. The van der Waals surface area contributed by atoms with Crippen molar-refractivity contribution in [3.05, 3.63) is 71.1 Å². The van der Waals surface area contributed by atoms with Gasteiger partial charge in [-0.3, -0.25) is 14.4 Å². The molecule has 0 radical (unpaired) electrons. The second-order valence-corrected chi connectivity index (χ2v) is 9.37. The van der Waals surface area contributed by atoms with Crippen molar-refractivity contribution in [3.8, 4) is 0 Å². The summed E-state index contributed by atoms with van der Waals surface area (Å²) in [6.45, 7) is 11.8. The van der Waals surface area contributed by atoms with E-state index in [-0.39, 0.29) is 34.8 Å². The summed E-state index contributed by atoms with van der Waals surface area (Å²) in [4.78, 5) is 38.8. The number of carbonyl (C=O) groups is 3. The van der Waals surface area contributed by atoms with Gasteiger partial charge in [0.1, 0.15) is 0 Å². The van der Waals surface area contributed by atoms with E-state index >= 15 is 0 Å². The molecule has 0 saturated carbocycles. The molecule has 0 aromatic heterocycles. The van der Waals surface area contributed by atoms with Crippen LogP contribution in [0.2, 0.25) is 0 Å². The Balaban J connectivity index is 0.00000326. The minimum atomic E-state index is -0.480. The van der Waals surface area contributed by atoms with Gasteiger partial charge in [-0.05, 0) is 51.9 Å². The summed E-state index contributed by atoms with van der Waals surface area (Å²) in [5, 5.41) is 30.3. The summed E-state index contributed by atoms with van der Waals surface area (Å²) in [7, 11) is 2.00. The summed E-state index contributed by atoms with van der Waals surface area (Å²) in [6, 6.07) is 0. The lowest BCUT2D eigenvalue weighted by atomic mass is 9.86. The van der Waals surface area contributed by atoms with Crippen molar-refractivity contribution in [2.45, 2.75) is 65.9 Å². The molecule has 8 heteroatoms. The zero-order chi connectivity index (χ0) is 29.3. The number of ketones is 2. The number of fused-ring (bicyclic) bond motifs is 2. The average Bonchev–Trinajstić information content (AvgIpc) is 2.91. The van der Waals surface area contributed by atoms with E-state index in [4.69, 9.17) is 10.2 Å². The number of hydrogen-bond acceptors (Lipinski definition) is 7. The van der Waals surface area contributed by atoms with Crippen LogP contribution in [0.25, 0.3) is 0 Å². The molecule has 0 aromatic carbocycles. The Morgan fingerprint density at radius 3 is 2.39 bits per heavy atom. The molecule has 0 spiro atoms. The number of nitrogens with one attached hydrogen (secondary N) is 2. The minimum absolute atomic E-state index is 0.00974. The first-order valence-electron chi connectivity index (χ1n) is 12.9. The number of amides is 1. The zero-order valence-electron chi connectivity index (χ0n) is 23.7. The van der Waals surface area contributed by atoms with Gasteiger partial charge in [0.2, 0.25) is 11.6 Å². The fourth-order valence-electron chi connectivity index (χ4n) is 4.08. The smallest absolute Gasteiger partial charge is 0.251 e. The van der Waals surface area contributed by atoms with E-state index in [1.165, 1.54) is 11.6 Å². The van der Waals surface area contributed by atoms with Gasteiger partial charge in [0.25, 0.3) is 5.91 Å². The maximum absolute atomic E-state index is 13.3. The molecule has 1 heterocycles. The number of Topliss-reactive ketones (excluding diaryl/α,β-unsaturated/α-hetero) is 1. The van der Waals surface area contributed by atoms with E-state index in [1.54, 1.807) is 19.1 Å². The van der Waals surface area contributed by atoms with Gasteiger partial charge in [-0.2, -0.15) is 0 Å². The van der Waals surface area contributed by atoms with E-state index in [1.807, 2.05) is 26.0 Å². The van der Waals surface area contributed by atoms with Gasteiger partial charge in [0, 0.05) is 43.9 Å². The predicted molar refractivity (Wildman–Crippen MR) is 152 cm³/mol. The first-order valence-corrected chi connectivity index (χ1v) is 12.9. The third-order valence-corrected chi connectivity index (χ3v) is 6.22. The first kappa shape index (κ1) is 34.9. The molecular formula is C30H46N2O6. The molecule has 212 valence electrons. The third-order valence-electron chi connectivity index (χ3n) is 6.22. The third kappa shape index (κ3) is 11.5. The van der Waals surface area contributed by atoms with Crippen LogP contribution < -0.4 is 10.6 Å². The van der Waals surface area contributed by atoms with Crippen LogP contribution in [0, 0.1) is 11.8 Å². The minimum Gasteiger partial charge on any atom is -0.400 e. The Labute approximate surface area is 227 Å². The average molecular weight is 531 g/mol. The number of hydrogen-bond donors (Lipinski definition) is 5. The van der Waals surface area contributed by atoms with Crippen molar-refractivity contribution in [3.63, 3.8) is 0 Å². The number of allylic oxidation sites excluding steroid dienone is 6. The Morgan fingerprint density at radius 2 is 1.76 bits per heavy atom. The van der Waals surface area contributed by atoms with Crippen LogP contribution in [0.4, 0.5) is 0 Å². The molecular weight excluding hydrogens is 484 g/mol. The van der Waals surface area contributed by atoms with E-state index in [0.717, 1.165) is 27.1 Å². The summed E-state index contributed by atoms with van der Waals surface area (Å²) < 4.78 is 0. The molecule has 5 N–H and O–H groups in total. The molecule has 0 fully saturated rings. The molecule has 0 aromatic rings. The Morgan fingerprint density at radius 1 is 1.11 bits per heavy atom. The van der Waals surface area contributed by atoms with Crippen LogP contribution >= 0.6 is 0 Å². The number of rotatable bonds is 3. The van der Waals surface area contributed by atoms with Gasteiger partial charge in [-0.1, -0.05) is 49.8 Å². The van der Waals surface area contributed by atoms with Gasteiger partial charge in [0.05, 0.1) is 17.5 Å². The standard InChI is InChI=1S/C28H38N2O4.2CH4O/c1-6-14-29-26-22-16-19(3)12-13-24(31)21(5)15-18(2)10-8-7-9-11-20(4)28(34)30-23(27(22)33)17-25(26)32;2*1-2/h6-7,9,11,15,17,19,21,24,29,31H,1,8,10,12-14,16H2,2-5H3,(H,30,34);2*2H,1H3/b9-7-,18-15+,20-11+;;. The summed E-state index contributed by atoms with van der Waals surface area (Å²) in [6.07, 6.45) is 13.3. The highest BCUT2D eigenvalue weighted by Gasteiger charge is 2.30. The number of aliphatic hydroxyl groups excluding tert-OH is 3. The topological polar surface area (TPSA) is 136 Å². The number of aliphatic hydroxyl groups is 3. The van der Waals surface area contributed by atoms with Crippen molar-refractivity contribution >= 4 is 17.5 Å². The lowest BCUT2D eigenvalue weighted by Crippen LogP contribution is -2.36.